The fraction of sp³-hybridized carbons (Fsp3) is 0.417. The normalized spacial score (nSPS) is 18.9. The maximum absolute atomic E-state index is 13.0. The van der Waals surface area contributed by atoms with Gasteiger partial charge in [-0.05, 0) is 68.5 Å². The molecule has 0 saturated carbocycles. The number of nitrogens with zero attached hydrogens (tertiary/aromatic N) is 2. The summed E-state index contributed by atoms with van der Waals surface area (Å²) in [7, 11) is 0. The molecule has 5 heteroatoms. The predicted molar refractivity (Wildman–Crippen MR) is 112 cm³/mol. The summed E-state index contributed by atoms with van der Waals surface area (Å²) < 4.78 is 5.98. The standard InChI is InChI=1S/C24H28N2O3/c1-18-7-2-3-9-22(18)24(28)26-16-6-8-20(26)17-29-21-12-10-19(11-13-21)23(27)25-14-4-5-15-25/h2-3,7,9-13,20H,4-6,8,14-17H2,1H3. The van der Waals surface area contributed by atoms with Gasteiger partial charge in [-0.25, -0.2) is 0 Å². The molecule has 2 heterocycles. The minimum Gasteiger partial charge on any atom is -0.491 e. The van der Waals surface area contributed by atoms with Crippen LogP contribution in [0.25, 0.3) is 0 Å². The van der Waals surface area contributed by atoms with Gasteiger partial charge >= 0.3 is 0 Å². The summed E-state index contributed by atoms with van der Waals surface area (Å²) in [6.45, 7) is 4.91. The van der Waals surface area contributed by atoms with E-state index in [4.69, 9.17) is 4.74 Å². The van der Waals surface area contributed by atoms with E-state index in [2.05, 4.69) is 0 Å². The number of ether oxygens (including phenoxy) is 1. The molecule has 2 amide bonds. The van der Waals surface area contributed by atoms with E-state index in [-0.39, 0.29) is 17.9 Å². The van der Waals surface area contributed by atoms with Crippen molar-refractivity contribution in [3.63, 3.8) is 0 Å². The van der Waals surface area contributed by atoms with Gasteiger partial charge in [0.15, 0.2) is 0 Å². The summed E-state index contributed by atoms with van der Waals surface area (Å²) in [5.74, 6) is 0.916. The van der Waals surface area contributed by atoms with Crippen LogP contribution in [0, 0.1) is 6.92 Å². The smallest absolute Gasteiger partial charge is 0.254 e. The first kappa shape index (κ1) is 19.5. The van der Waals surface area contributed by atoms with Crippen LogP contribution in [0.15, 0.2) is 48.5 Å². The number of amides is 2. The third-order valence-electron chi connectivity index (χ3n) is 5.95. The summed E-state index contributed by atoms with van der Waals surface area (Å²) in [6.07, 6.45) is 4.12. The van der Waals surface area contributed by atoms with Crippen LogP contribution in [0.5, 0.6) is 5.75 Å². The highest BCUT2D eigenvalue weighted by atomic mass is 16.5. The maximum Gasteiger partial charge on any atom is 0.254 e. The Hall–Kier alpha value is -2.82. The molecule has 0 spiro atoms. The molecule has 0 bridgehead atoms. The summed E-state index contributed by atoms with van der Waals surface area (Å²) in [5.41, 5.74) is 2.47. The molecule has 2 fully saturated rings. The molecule has 0 radical (unpaired) electrons. The van der Waals surface area contributed by atoms with Gasteiger partial charge < -0.3 is 14.5 Å². The largest absolute Gasteiger partial charge is 0.491 e. The molecule has 1 unspecified atom stereocenters. The Morgan fingerprint density at radius 3 is 2.38 bits per heavy atom. The van der Waals surface area contributed by atoms with Crippen LogP contribution >= 0.6 is 0 Å². The molecule has 2 aromatic carbocycles. The number of hydrogen-bond donors (Lipinski definition) is 0. The van der Waals surface area contributed by atoms with E-state index in [1.54, 1.807) is 0 Å². The summed E-state index contributed by atoms with van der Waals surface area (Å²) in [4.78, 5) is 29.3. The number of carbonyl (C=O) groups is 2. The van der Waals surface area contributed by atoms with Gasteiger partial charge in [-0.15, -0.1) is 0 Å². The van der Waals surface area contributed by atoms with Crippen molar-refractivity contribution in [3.05, 3.63) is 65.2 Å². The first-order valence-corrected chi connectivity index (χ1v) is 10.5. The SMILES string of the molecule is Cc1ccccc1C(=O)N1CCCC1COc1ccc(C(=O)N2CCCC2)cc1. The molecule has 0 aliphatic carbocycles. The van der Waals surface area contributed by atoms with Crippen LogP contribution in [-0.4, -0.2) is 53.9 Å². The molecule has 2 saturated heterocycles. The van der Waals surface area contributed by atoms with E-state index < -0.39 is 0 Å². The number of hydrogen-bond acceptors (Lipinski definition) is 3. The molecule has 4 rings (SSSR count). The molecule has 29 heavy (non-hydrogen) atoms. The van der Waals surface area contributed by atoms with E-state index in [9.17, 15) is 9.59 Å². The second kappa shape index (κ2) is 8.68. The third kappa shape index (κ3) is 4.29. The zero-order valence-electron chi connectivity index (χ0n) is 17.0. The fourth-order valence-electron chi connectivity index (χ4n) is 4.23. The monoisotopic (exact) mass is 392 g/mol. The quantitative estimate of drug-likeness (QED) is 0.775. The van der Waals surface area contributed by atoms with Gasteiger partial charge in [-0.1, -0.05) is 18.2 Å². The second-order valence-electron chi connectivity index (χ2n) is 7.94. The van der Waals surface area contributed by atoms with Crippen molar-refractivity contribution in [1.82, 2.24) is 9.80 Å². The summed E-state index contributed by atoms with van der Waals surface area (Å²) >= 11 is 0. The van der Waals surface area contributed by atoms with Crippen molar-refractivity contribution in [3.8, 4) is 5.75 Å². The second-order valence-corrected chi connectivity index (χ2v) is 7.94. The average Bonchev–Trinajstić information content (AvgIpc) is 3.44. The maximum atomic E-state index is 13.0. The highest BCUT2D eigenvalue weighted by molar-refractivity contribution is 5.96. The summed E-state index contributed by atoms with van der Waals surface area (Å²) in [6, 6.07) is 15.2. The molecule has 1 atom stereocenters. The Morgan fingerprint density at radius 1 is 0.931 bits per heavy atom. The summed E-state index contributed by atoms with van der Waals surface area (Å²) in [5, 5.41) is 0. The molecule has 2 aliphatic heterocycles. The van der Waals surface area contributed by atoms with Gasteiger partial charge in [0.05, 0.1) is 6.04 Å². The van der Waals surface area contributed by atoms with Crippen LogP contribution in [-0.2, 0) is 0 Å². The fourth-order valence-corrected chi connectivity index (χ4v) is 4.23. The van der Waals surface area contributed by atoms with Crippen LogP contribution in [0.4, 0.5) is 0 Å². The number of carbonyl (C=O) groups excluding carboxylic acids is 2. The van der Waals surface area contributed by atoms with Gasteiger partial charge in [0.1, 0.15) is 12.4 Å². The van der Waals surface area contributed by atoms with Crippen molar-refractivity contribution < 1.29 is 14.3 Å². The van der Waals surface area contributed by atoms with Crippen LogP contribution in [0.2, 0.25) is 0 Å². The lowest BCUT2D eigenvalue weighted by molar-refractivity contribution is 0.0690. The van der Waals surface area contributed by atoms with Crippen LogP contribution < -0.4 is 4.74 Å². The van der Waals surface area contributed by atoms with Gasteiger partial charge in [0, 0.05) is 30.8 Å². The Bertz CT molecular complexity index is 872. The van der Waals surface area contributed by atoms with Gasteiger partial charge in [0.2, 0.25) is 0 Å². The van der Waals surface area contributed by atoms with E-state index in [1.807, 2.05) is 65.3 Å². The van der Waals surface area contributed by atoms with Gasteiger partial charge in [-0.3, -0.25) is 9.59 Å². The van der Waals surface area contributed by atoms with E-state index in [1.165, 1.54) is 0 Å². The predicted octanol–water partition coefficient (Wildman–Crippen LogP) is 3.91. The number of aryl methyl sites for hydroxylation is 1. The third-order valence-corrected chi connectivity index (χ3v) is 5.95. The molecule has 2 aliphatic rings. The van der Waals surface area contributed by atoms with E-state index >= 15 is 0 Å². The number of benzene rings is 2. The van der Waals surface area contributed by atoms with Gasteiger partial charge in [0.25, 0.3) is 11.8 Å². The Kier molecular flexibility index (Phi) is 5.84. The Morgan fingerprint density at radius 2 is 1.66 bits per heavy atom. The molecular formula is C24H28N2O3. The highest BCUT2D eigenvalue weighted by Crippen LogP contribution is 2.23. The lowest BCUT2D eigenvalue weighted by Crippen LogP contribution is -2.39. The first-order valence-electron chi connectivity index (χ1n) is 10.5. The highest BCUT2D eigenvalue weighted by Gasteiger charge is 2.30. The van der Waals surface area contributed by atoms with Crippen LogP contribution in [0.1, 0.15) is 52.0 Å². The van der Waals surface area contributed by atoms with Crippen molar-refractivity contribution in [2.75, 3.05) is 26.2 Å². The van der Waals surface area contributed by atoms with Crippen molar-refractivity contribution in [1.29, 1.82) is 0 Å². The van der Waals surface area contributed by atoms with Crippen molar-refractivity contribution in [2.45, 2.75) is 38.6 Å². The van der Waals surface area contributed by atoms with E-state index in [0.717, 1.165) is 62.2 Å². The molecule has 0 N–H and O–H groups in total. The molecule has 5 nitrogen and oxygen atoms in total. The molecule has 152 valence electrons. The Balaban J connectivity index is 1.36. The Labute approximate surface area is 172 Å². The van der Waals surface area contributed by atoms with Crippen molar-refractivity contribution in [2.24, 2.45) is 0 Å². The van der Waals surface area contributed by atoms with Crippen molar-refractivity contribution >= 4 is 11.8 Å². The molecule has 0 aromatic heterocycles. The molecule has 2 aromatic rings. The molecular weight excluding hydrogens is 364 g/mol. The van der Waals surface area contributed by atoms with Crippen LogP contribution in [0.3, 0.4) is 0 Å². The zero-order chi connectivity index (χ0) is 20.2. The topological polar surface area (TPSA) is 49.9 Å². The minimum atomic E-state index is 0.0769. The van der Waals surface area contributed by atoms with Gasteiger partial charge in [-0.2, -0.15) is 0 Å². The lowest BCUT2D eigenvalue weighted by Gasteiger charge is -2.25. The lowest BCUT2D eigenvalue weighted by atomic mass is 10.1. The number of rotatable bonds is 5. The van der Waals surface area contributed by atoms with E-state index in [0.29, 0.717) is 12.2 Å². The first-order chi connectivity index (χ1) is 14.1. The minimum absolute atomic E-state index is 0.0769. The zero-order valence-corrected chi connectivity index (χ0v) is 17.0. The average molecular weight is 392 g/mol. The number of likely N-dealkylation sites (tertiary alicyclic amines) is 2.